The molecular weight excluding hydrogens is 402 g/mol. The van der Waals surface area contributed by atoms with Crippen LogP contribution in [0.2, 0.25) is 0 Å². The van der Waals surface area contributed by atoms with E-state index >= 15 is 0 Å². The first-order valence-corrected chi connectivity index (χ1v) is 14.0. The van der Waals surface area contributed by atoms with Crippen LogP contribution in [-0.2, 0) is 10.6 Å². The Morgan fingerprint density at radius 1 is 0.636 bits per heavy atom. The molecule has 2 aromatic heterocycles. The van der Waals surface area contributed by atoms with Crippen molar-refractivity contribution in [2.45, 2.75) is 10.6 Å². The number of hydrogen-bond acceptors (Lipinski definition) is 0. The van der Waals surface area contributed by atoms with E-state index in [0.29, 0.717) is 26.3 Å². The first-order chi connectivity index (χ1) is 10.9. The average Bonchev–Trinajstić information content (AvgIpc) is 3.16. The first-order valence-electron chi connectivity index (χ1n) is 7.26. The minimum atomic E-state index is 0.705. The second-order valence-electron chi connectivity index (χ2n) is 5.24. The molecule has 0 saturated heterocycles. The zero-order valence-corrected chi connectivity index (χ0v) is 15.4. The maximum absolute atomic E-state index is 3.38. The Bertz CT molecular complexity index is 831. The van der Waals surface area contributed by atoms with E-state index in [9.17, 15) is 0 Å². The van der Waals surface area contributed by atoms with Crippen molar-refractivity contribution in [2.24, 2.45) is 0 Å². The standard InChI is InChI=1S/C18H16N2Se2/c1-3-7-17-15(5-1)13(9-19-17)11-21-22-12-14-10-20-18-8-4-2-6-16(14)18/h1-10,19-20H,11-12H2. The van der Waals surface area contributed by atoms with Gasteiger partial charge < -0.3 is 0 Å². The molecule has 2 nitrogen and oxygen atoms in total. The molecule has 22 heavy (non-hydrogen) atoms. The zero-order valence-electron chi connectivity index (χ0n) is 12.0. The number of para-hydroxylation sites is 2. The summed E-state index contributed by atoms with van der Waals surface area (Å²) in [7, 11) is 0. The molecule has 0 spiro atoms. The van der Waals surface area contributed by atoms with Gasteiger partial charge in [0, 0.05) is 0 Å². The molecule has 0 aliphatic heterocycles. The van der Waals surface area contributed by atoms with Crippen LogP contribution in [0, 0.1) is 0 Å². The van der Waals surface area contributed by atoms with Gasteiger partial charge in [-0.3, -0.25) is 0 Å². The Morgan fingerprint density at radius 2 is 1.09 bits per heavy atom. The second kappa shape index (κ2) is 6.35. The summed E-state index contributed by atoms with van der Waals surface area (Å²) in [6.07, 6.45) is 4.38. The Kier molecular flexibility index (Phi) is 4.09. The van der Waals surface area contributed by atoms with E-state index in [0.717, 1.165) is 0 Å². The number of aromatic amines is 2. The van der Waals surface area contributed by atoms with E-state index in [2.05, 4.69) is 70.9 Å². The fraction of sp³-hybridized carbons (Fsp3) is 0.111. The van der Waals surface area contributed by atoms with Crippen LogP contribution in [-0.4, -0.2) is 36.2 Å². The molecule has 0 radical (unpaired) electrons. The number of H-pyrrole nitrogens is 2. The van der Waals surface area contributed by atoms with Crippen LogP contribution in [0.15, 0.2) is 60.9 Å². The van der Waals surface area contributed by atoms with Gasteiger partial charge in [-0.2, -0.15) is 0 Å². The Balaban J connectivity index is 1.39. The summed E-state index contributed by atoms with van der Waals surface area (Å²) < 4.78 is 0. The van der Waals surface area contributed by atoms with Crippen LogP contribution in [0.1, 0.15) is 11.1 Å². The normalized spacial score (nSPS) is 11.5. The van der Waals surface area contributed by atoms with Crippen molar-refractivity contribution in [3.8, 4) is 0 Å². The third-order valence-corrected chi connectivity index (χ3v) is 10.4. The summed E-state index contributed by atoms with van der Waals surface area (Å²) in [5.74, 6) is 0. The van der Waals surface area contributed by atoms with E-state index in [4.69, 9.17) is 0 Å². The quantitative estimate of drug-likeness (QED) is 0.366. The molecule has 4 heteroatoms. The minimum absolute atomic E-state index is 0.705. The van der Waals surface area contributed by atoms with Crippen LogP contribution in [0.5, 0.6) is 0 Å². The third-order valence-electron chi connectivity index (χ3n) is 3.86. The second-order valence-corrected chi connectivity index (χ2v) is 12.6. The molecule has 0 amide bonds. The first kappa shape index (κ1) is 14.2. The van der Waals surface area contributed by atoms with Gasteiger partial charge in [-0.15, -0.1) is 0 Å². The van der Waals surface area contributed by atoms with Crippen LogP contribution in [0.3, 0.4) is 0 Å². The summed E-state index contributed by atoms with van der Waals surface area (Å²) in [4.78, 5) is 6.76. The maximum atomic E-state index is 3.38. The van der Waals surface area contributed by atoms with Crippen molar-refractivity contribution in [1.82, 2.24) is 9.97 Å². The summed E-state index contributed by atoms with van der Waals surface area (Å²) in [6, 6.07) is 17.2. The van der Waals surface area contributed by atoms with Crippen LogP contribution in [0.25, 0.3) is 21.8 Å². The van der Waals surface area contributed by atoms with Crippen molar-refractivity contribution < 1.29 is 0 Å². The molecule has 0 aliphatic carbocycles. The van der Waals surface area contributed by atoms with Gasteiger partial charge in [0.1, 0.15) is 0 Å². The SMILES string of the molecule is c1ccc2c(C[Se][Se]Cc3c[nH]c4ccccc34)c[nH]c2c1. The van der Waals surface area contributed by atoms with Crippen molar-refractivity contribution in [3.63, 3.8) is 0 Å². The van der Waals surface area contributed by atoms with Gasteiger partial charge >= 0.3 is 141 Å². The van der Waals surface area contributed by atoms with Gasteiger partial charge in [0.15, 0.2) is 0 Å². The monoisotopic (exact) mass is 420 g/mol. The third kappa shape index (κ3) is 2.76. The van der Waals surface area contributed by atoms with E-state index in [1.165, 1.54) is 43.6 Å². The van der Waals surface area contributed by atoms with E-state index in [1.807, 2.05) is 0 Å². The molecule has 2 N–H and O–H groups in total. The number of rotatable bonds is 5. The van der Waals surface area contributed by atoms with Gasteiger partial charge in [-0.05, 0) is 0 Å². The fourth-order valence-electron chi connectivity index (χ4n) is 2.71. The summed E-state index contributed by atoms with van der Waals surface area (Å²) in [5.41, 5.74) is 5.49. The molecule has 2 aromatic carbocycles. The molecule has 0 bridgehead atoms. The molecule has 0 atom stereocenters. The van der Waals surface area contributed by atoms with E-state index < -0.39 is 0 Å². The van der Waals surface area contributed by atoms with Gasteiger partial charge in [0.25, 0.3) is 0 Å². The van der Waals surface area contributed by atoms with Crippen LogP contribution < -0.4 is 0 Å². The molecule has 4 rings (SSSR count). The number of hydrogen-bond donors (Lipinski definition) is 2. The number of nitrogens with one attached hydrogen (secondary N) is 2. The number of benzene rings is 2. The predicted octanol–water partition coefficient (Wildman–Crippen LogP) is 3.67. The fourth-order valence-corrected chi connectivity index (χ4v) is 9.18. The van der Waals surface area contributed by atoms with E-state index in [-0.39, 0.29) is 0 Å². The van der Waals surface area contributed by atoms with Crippen molar-refractivity contribution in [1.29, 1.82) is 0 Å². The van der Waals surface area contributed by atoms with Gasteiger partial charge in [-0.25, -0.2) is 0 Å². The van der Waals surface area contributed by atoms with Gasteiger partial charge in [0.2, 0.25) is 0 Å². The van der Waals surface area contributed by atoms with Gasteiger partial charge in [-0.1, -0.05) is 0 Å². The molecule has 2 heterocycles. The van der Waals surface area contributed by atoms with Crippen LogP contribution in [0.4, 0.5) is 0 Å². The molecular formula is C18H16N2Se2. The van der Waals surface area contributed by atoms with E-state index in [1.54, 1.807) is 0 Å². The molecule has 4 aromatic rings. The molecule has 0 unspecified atom stereocenters. The van der Waals surface area contributed by atoms with Gasteiger partial charge in [0.05, 0.1) is 0 Å². The van der Waals surface area contributed by atoms with Crippen molar-refractivity contribution in [2.75, 3.05) is 0 Å². The topological polar surface area (TPSA) is 31.6 Å². The molecule has 110 valence electrons. The summed E-state index contributed by atoms with van der Waals surface area (Å²) in [5, 5.41) is 5.26. The predicted molar refractivity (Wildman–Crippen MR) is 95.5 cm³/mol. The molecule has 0 fully saturated rings. The summed E-state index contributed by atoms with van der Waals surface area (Å²) in [6.45, 7) is 0. The Morgan fingerprint density at radius 3 is 1.59 bits per heavy atom. The van der Waals surface area contributed by atoms with Crippen LogP contribution >= 0.6 is 0 Å². The van der Waals surface area contributed by atoms with Crippen molar-refractivity contribution in [3.05, 3.63) is 72.1 Å². The Hall–Kier alpha value is -1.44. The number of fused-ring (bicyclic) bond motifs is 2. The Labute approximate surface area is 140 Å². The van der Waals surface area contributed by atoms with Crippen molar-refractivity contribution >= 4 is 48.1 Å². The number of aromatic nitrogens is 2. The molecule has 0 saturated carbocycles. The average molecular weight is 418 g/mol. The zero-order chi connectivity index (χ0) is 14.8. The summed E-state index contributed by atoms with van der Waals surface area (Å²) >= 11 is 1.41. The molecule has 0 aliphatic rings.